The summed E-state index contributed by atoms with van der Waals surface area (Å²) in [5.41, 5.74) is 1.95. The number of aromatic nitrogens is 2. The van der Waals surface area contributed by atoms with Crippen LogP contribution in [0.4, 0.5) is 0 Å². The zero-order valence-corrected chi connectivity index (χ0v) is 10.4. The first-order chi connectivity index (χ1) is 8.16. The Balaban J connectivity index is 2.44. The lowest BCUT2D eigenvalue weighted by molar-refractivity contribution is -0.136. The Bertz CT molecular complexity index is 540. The summed E-state index contributed by atoms with van der Waals surface area (Å²) < 4.78 is 0.963. The maximum Gasteiger partial charge on any atom is 0.309 e. The van der Waals surface area contributed by atoms with Gasteiger partial charge in [-0.25, -0.2) is 0 Å². The smallest absolute Gasteiger partial charge is 0.309 e. The molecule has 0 amide bonds. The Morgan fingerprint density at radius 1 is 1.18 bits per heavy atom. The van der Waals surface area contributed by atoms with Crippen LogP contribution in [0.2, 0.25) is 0 Å². The van der Waals surface area contributed by atoms with Crippen LogP contribution in [0.1, 0.15) is 5.69 Å². The molecule has 0 spiro atoms. The molecule has 1 N–H and O–H groups in total. The third-order valence-electron chi connectivity index (χ3n) is 2.21. The molecule has 1 heterocycles. The highest BCUT2D eigenvalue weighted by atomic mass is 79.9. The molecule has 1 aromatic carbocycles. The van der Waals surface area contributed by atoms with Crippen LogP contribution in [0.3, 0.4) is 0 Å². The standard InChI is InChI=1S/C12H9BrN2O2/c13-9-3-1-8(2-4-9)12-10(7-11(16)17)14-5-6-15-12/h1-6H,7H2,(H,16,17). The SMILES string of the molecule is O=C(O)Cc1nccnc1-c1ccc(Br)cc1. The number of nitrogens with zero attached hydrogens (tertiary/aromatic N) is 2. The Hall–Kier alpha value is -1.75. The van der Waals surface area contributed by atoms with Crippen molar-refractivity contribution in [3.63, 3.8) is 0 Å². The Kier molecular flexibility index (Phi) is 3.49. The molecule has 0 aliphatic heterocycles. The predicted octanol–water partition coefficient (Wildman–Crippen LogP) is 2.53. The molecule has 1 aromatic heterocycles. The largest absolute Gasteiger partial charge is 0.481 e. The normalized spacial score (nSPS) is 10.2. The Labute approximate surface area is 106 Å². The lowest BCUT2D eigenvalue weighted by Crippen LogP contribution is -2.05. The monoisotopic (exact) mass is 292 g/mol. The van der Waals surface area contributed by atoms with Crippen LogP contribution in [-0.4, -0.2) is 21.0 Å². The van der Waals surface area contributed by atoms with Gasteiger partial charge < -0.3 is 5.11 Å². The van der Waals surface area contributed by atoms with Crippen LogP contribution >= 0.6 is 15.9 Å². The number of carboxylic acids is 1. The minimum absolute atomic E-state index is 0.126. The molecular formula is C12H9BrN2O2. The number of hydrogen-bond acceptors (Lipinski definition) is 3. The van der Waals surface area contributed by atoms with E-state index in [1.54, 1.807) is 6.20 Å². The van der Waals surface area contributed by atoms with Crippen LogP contribution < -0.4 is 0 Å². The molecule has 0 radical (unpaired) electrons. The van der Waals surface area contributed by atoms with Crippen LogP contribution in [0.25, 0.3) is 11.3 Å². The van der Waals surface area contributed by atoms with Crippen molar-refractivity contribution in [1.82, 2.24) is 9.97 Å². The van der Waals surface area contributed by atoms with E-state index in [0.717, 1.165) is 10.0 Å². The van der Waals surface area contributed by atoms with Gasteiger partial charge in [-0.05, 0) is 12.1 Å². The van der Waals surface area contributed by atoms with E-state index < -0.39 is 5.97 Å². The predicted molar refractivity (Wildman–Crippen MR) is 66.5 cm³/mol. The quantitative estimate of drug-likeness (QED) is 0.944. The van der Waals surface area contributed by atoms with Crippen molar-refractivity contribution < 1.29 is 9.90 Å². The van der Waals surface area contributed by atoms with Gasteiger partial charge in [-0.15, -0.1) is 0 Å². The second-order valence-electron chi connectivity index (χ2n) is 3.43. The summed E-state index contributed by atoms with van der Waals surface area (Å²) in [6.07, 6.45) is 2.93. The first kappa shape index (κ1) is 11.7. The second kappa shape index (κ2) is 5.05. The van der Waals surface area contributed by atoms with Crippen LogP contribution in [0.15, 0.2) is 41.1 Å². The maximum absolute atomic E-state index is 10.7. The summed E-state index contributed by atoms with van der Waals surface area (Å²) in [4.78, 5) is 19.0. The summed E-state index contributed by atoms with van der Waals surface area (Å²) in [5, 5.41) is 8.81. The number of carbonyl (C=O) groups is 1. The van der Waals surface area contributed by atoms with E-state index in [2.05, 4.69) is 25.9 Å². The van der Waals surface area contributed by atoms with Gasteiger partial charge in [0.1, 0.15) is 0 Å². The van der Waals surface area contributed by atoms with Gasteiger partial charge in [0.15, 0.2) is 0 Å². The van der Waals surface area contributed by atoms with E-state index in [-0.39, 0.29) is 6.42 Å². The fraction of sp³-hybridized carbons (Fsp3) is 0.0833. The molecule has 0 unspecified atom stereocenters. The van der Waals surface area contributed by atoms with Gasteiger partial charge >= 0.3 is 5.97 Å². The molecule has 0 bridgehead atoms. The molecule has 2 aromatic rings. The number of benzene rings is 1. The van der Waals surface area contributed by atoms with Crippen molar-refractivity contribution >= 4 is 21.9 Å². The number of halogens is 1. The van der Waals surface area contributed by atoms with Crippen LogP contribution in [0.5, 0.6) is 0 Å². The highest BCUT2D eigenvalue weighted by Crippen LogP contribution is 2.22. The molecular weight excluding hydrogens is 284 g/mol. The summed E-state index contributed by atoms with van der Waals surface area (Å²) >= 11 is 3.35. The van der Waals surface area contributed by atoms with Crippen molar-refractivity contribution in [1.29, 1.82) is 0 Å². The van der Waals surface area contributed by atoms with Crippen molar-refractivity contribution in [2.45, 2.75) is 6.42 Å². The maximum atomic E-state index is 10.7. The van der Waals surface area contributed by atoms with E-state index >= 15 is 0 Å². The van der Waals surface area contributed by atoms with Gasteiger partial charge in [-0.3, -0.25) is 14.8 Å². The summed E-state index contributed by atoms with van der Waals surface area (Å²) in [6.45, 7) is 0. The molecule has 4 nitrogen and oxygen atoms in total. The average molecular weight is 293 g/mol. The van der Waals surface area contributed by atoms with E-state index in [1.807, 2.05) is 24.3 Å². The van der Waals surface area contributed by atoms with Crippen molar-refractivity contribution in [2.75, 3.05) is 0 Å². The van der Waals surface area contributed by atoms with Gasteiger partial charge in [-0.1, -0.05) is 28.1 Å². The van der Waals surface area contributed by atoms with E-state index in [0.29, 0.717) is 11.4 Å². The average Bonchev–Trinajstić information content (AvgIpc) is 2.30. The van der Waals surface area contributed by atoms with Gasteiger partial charge in [0.05, 0.1) is 17.8 Å². The van der Waals surface area contributed by atoms with Crippen molar-refractivity contribution in [3.8, 4) is 11.3 Å². The second-order valence-corrected chi connectivity index (χ2v) is 4.34. The molecule has 0 saturated heterocycles. The minimum atomic E-state index is -0.913. The zero-order valence-electron chi connectivity index (χ0n) is 8.80. The number of aliphatic carboxylic acids is 1. The first-order valence-electron chi connectivity index (χ1n) is 4.94. The Morgan fingerprint density at radius 3 is 2.47 bits per heavy atom. The molecule has 0 aliphatic rings. The Morgan fingerprint density at radius 2 is 1.82 bits per heavy atom. The molecule has 0 saturated carbocycles. The molecule has 2 rings (SSSR count). The lowest BCUT2D eigenvalue weighted by atomic mass is 10.1. The summed E-state index contributed by atoms with van der Waals surface area (Å²) in [7, 11) is 0. The van der Waals surface area contributed by atoms with Crippen molar-refractivity contribution in [3.05, 3.63) is 46.8 Å². The minimum Gasteiger partial charge on any atom is -0.481 e. The molecule has 86 valence electrons. The number of carboxylic acid groups (broad SMARTS) is 1. The van der Waals surface area contributed by atoms with E-state index in [9.17, 15) is 4.79 Å². The summed E-state index contributed by atoms with van der Waals surface area (Å²) in [5.74, 6) is -0.913. The highest BCUT2D eigenvalue weighted by molar-refractivity contribution is 9.10. The molecule has 17 heavy (non-hydrogen) atoms. The third kappa shape index (κ3) is 2.88. The third-order valence-corrected chi connectivity index (χ3v) is 2.74. The van der Waals surface area contributed by atoms with Gasteiger partial charge in [0, 0.05) is 22.4 Å². The fourth-order valence-electron chi connectivity index (χ4n) is 1.49. The first-order valence-corrected chi connectivity index (χ1v) is 5.74. The molecule has 0 fully saturated rings. The molecule has 0 aliphatic carbocycles. The van der Waals surface area contributed by atoms with Crippen LogP contribution in [0, 0.1) is 0 Å². The topological polar surface area (TPSA) is 63.1 Å². The van der Waals surface area contributed by atoms with E-state index in [4.69, 9.17) is 5.11 Å². The fourth-order valence-corrected chi connectivity index (χ4v) is 1.75. The van der Waals surface area contributed by atoms with Gasteiger partial charge in [-0.2, -0.15) is 0 Å². The lowest BCUT2D eigenvalue weighted by Gasteiger charge is -2.05. The van der Waals surface area contributed by atoms with Gasteiger partial charge in [0.25, 0.3) is 0 Å². The van der Waals surface area contributed by atoms with Crippen LogP contribution in [-0.2, 0) is 11.2 Å². The molecule has 5 heteroatoms. The number of hydrogen-bond donors (Lipinski definition) is 1. The van der Waals surface area contributed by atoms with Gasteiger partial charge in [0.2, 0.25) is 0 Å². The van der Waals surface area contributed by atoms with E-state index in [1.165, 1.54) is 6.20 Å². The zero-order chi connectivity index (χ0) is 12.3. The summed E-state index contributed by atoms with van der Waals surface area (Å²) in [6, 6.07) is 7.52. The van der Waals surface area contributed by atoms with Crippen molar-refractivity contribution in [2.24, 2.45) is 0 Å². The molecule has 0 atom stereocenters. The number of rotatable bonds is 3. The highest BCUT2D eigenvalue weighted by Gasteiger charge is 2.10.